The van der Waals surface area contributed by atoms with E-state index in [1.165, 1.54) is 11.8 Å². The van der Waals surface area contributed by atoms with Crippen molar-refractivity contribution in [2.45, 2.75) is 5.16 Å². The van der Waals surface area contributed by atoms with Crippen molar-refractivity contribution in [3.63, 3.8) is 0 Å². The molecule has 0 bridgehead atoms. The lowest BCUT2D eigenvalue weighted by Crippen LogP contribution is -2.29. The van der Waals surface area contributed by atoms with E-state index in [2.05, 4.69) is 15.4 Å². The Morgan fingerprint density at radius 1 is 1.50 bits per heavy atom. The Labute approximate surface area is 96.8 Å². The number of hydrazine groups is 1. The van der Waals surface area contributed by atoms with Gasteiger partial charge in [0.25, 0.3) is 0 Å². The van der Waals surface area contributed by atoms with Gasteiger partial charge in [-0.25, -0.2) is 4.98 Å². The molecule has 0 spiro atoms. The number of H-pyrrole nitrogens is 1. The van der Waals surface area contributed by atoms with Gasteiger partial charge in [0.1, 0.15) is 0 Å². The molecule has 5 nitrogen and oxygen atoms in total. The van der Waals surface area contributed by atoms with Gasteiger partial charge in [-0.1, -0.05) is 23.9 Å². The number of nitrogens with two attached hydrogens (primary N) is 1. The molecule has 2 rings (SSSR count). The number of rotatable bonds is 5. The number of thioether (sulfide) groups is 1. The first-order chi connectivity index (χ1) is 7.79. The molecule has 2 aromatic rings. The maximum absolute atomic E-state index is 11.2. The molecular formula is C10H12N4OS. The third-order valence-corrected chi connectivity index (χ3v) is 2.97. The Morgan fingerprint density at radius 2 is 2.31 bits per heavy atom. The van der Waals surface area contributed by atoms with E-state index in [1.807, 2.05) is 24.3 Å². The lowest BCUT2D eigenvalue weighted by Gasteiger charge is -1.96. The minimum atomic E-state index is 0.0490. The SMILES string of the molecule is NNCC(=O)CSc1nc2ccccc2[nH]1. The Kier molecular flexibility index (Phi) is 3.55. The van der Waals surface area contributed by atoms with Crippen LogP contribution in [0.25, 0.3) is 11.0 Å². The van der Waals surface area contributed by atoms with E-state index in [1.54, 1.807) is 0 Å². The molecule has 0 amide bonds. The van der Waals surface area contributed by atoms with Gasteiger partial charge in [0.2, 0.25) is 0 Å². The van der Waals surface area contributed by atoms with Crippen molar-refractivity contribution in [3.05, 3.63) is 24.3 Å². The zero-order chi connectivity index (χ0) is 11.4. The first-order valence-corrected chi connectivity index (χ1v) is 5.81. The largest absolute Gasteiger partial charge is 0.333 e. The number of nitrogens with zero attached hydrogens (tertiary/aromatic N) is 1. The molecule has 84 valence electrons. The monoisotopic (exact) mass is 236 g/mol. The van der Waals surface area contributed by atoms with Crippen LogP contribution in [-0.4, -0.2) is 28.0 Å². The van der Waals surface area contributed by atoms with Gasteiger partial charge in [0.15, 0.2) is 10.9 Å². The van der Waals surface area contributed by atoms with Gasteiger partial charge in [-0.05, 0) is 12.1 Å². The molecule has 0 saturated heterocycles. The second-order valence-corrected chi connectivity index (χ2v) is 4.23. The zero-order valence-electron chi connectivity index (χ0n) is 8.56. The van der Waals surface area contributed by atoms with Crippen molar-refractivity contribution in [2.75, 3.05) is 12.3 Å². The third-order valence-electron chi connectivity index (χ3n) is 2.04. The van der Waals surface area contributed by atoms with Crippen LogP contribution >= 0.6 is 11.8 Å². The van der Waals surface area contributed by atoms with Gasteiger partial charge in [-0.15, -0.1) is 0 Å². The lowest BCUT2D eigenvalue weighted by atomic mass is 10.3. The Balaban J connectivity index is 2.02. The van der Waals surface area contributed by atoms with Crippen LogP contribution in [0.15, 0.2) is 29.4 Å². The molecule has 1 heterocycles. The van der Waals surface area contributed by atoms with Crippen LogP contribution in [0.1, 0.15) is 0 Å². The van der Waals surface area contributed by atoms with Crippen LogP contribution < -0.4 is 11.3 Å². The van der Waals surface area contributed by atoms with Crippen LogP contribution in [0.2, 0.25) is 0 Å². The highest BCUT2D eigenvalue weighted by molar-refractivity contribution is 7.99. The minimum Gasteiger partial charge on any atom is -0.333 e. The molecule has 4 N–H and O–H groups in total. The standard InChI is InChI=1S/C10H12N4OS/c11-12-5-7(15)6-16-10-13-8-3-1-2-4-9(8)14-10/h1-4,12H,5-6,11H2,(H,13,14). The van der Waals surface area contributed by atoms with Crippen LogP contribution in [0, 0.1) is 0 Å². The number of carbonyl (C=O) groups is 1. The summed E-state index contributed by atoms with van der Waals surface area (Å²) >= 11 is 1.38. The van der Waals surface area contributed by atoms with Crippen molar-refractivity contribution in [1.82, 2.24) is 15.4 Å². The first kappa shape index (κ1) is 11.1. The number of benzene rings is 1. The lowest BCUT2D eigenvalue weighted by molar-refractivity contribution is -0.115. The number of carbonyl (C=O) groups excluding carboxylic acids is 1. The molecule has 0 atom stereocenters. The maximum atomic E-state index is 11.2. The van der Waals surface area contributed by atoms with Crippen LogP contribution in [0.5, 0.6) is 0 Å². The highest BCUT2D eigenvalue weighted by Crippen LogP contribution is 2.18. The molecule has 6 heteroatoms. The van der Waals surface area contributed by atoms with Crippen molar-refractivity contribution in [3.8, 4) is 0 Å². The van der Waals surface area contributed by atoms with Gasteiger partial charge in [0, 0.05) is 0 Å². The van der Waals surface area contributed by atoms with E-state index in [4.69, 9.17) is 5.84 Å². The summed E-state index contributed by atoms with van der Waals surface area (Å²) in [4.78, 5) is 18.7. The van der Waals surface area contributed by atoms with Crippen molar-refractivity contribution in [1.29, 1.82) is 0 Å². The Bertz CT molecular complexity index is 463. The van der Waals surface area contributed by atoms with Gasteiger partial charge in [-0.3, -0.25) is 16.1 Å². The average Bonchev–Trinajstić information content (AvgIpc) is 2.69. The fourth-order valence-corrected chi connectivity index (χ4v) is 2.06. The number of nitrogens with one attached hydrogen (secondary N) is 2. The highest BCUT2D eigenvalue weighted by Gasteiger charge is 2.05. The van der Waals surface area contributed by atoms with Crippen molar-refractivity contribution >= 4 is 28.6 Å². The number of aromatic amines is 1. The van der Waals surface area contributed by atoms with Gasteiger partial charge < -0.3 is 4.98 Å². The predicted molar refractivity (Wildman–Crippen MR) is 64.0 cm³/mol. The second-order valence-electron chi connectivity index (χ2n) is 3.27. The predicted octanol–water partition coefficient (Wildman–Crippen LogP) is 0.687. The topological polar surface area (TPSA) is 83.8 Å². The summed E-state index contributed by atoms with van der Waals surface area (Å²) in [7, 11) is 0. The third kappa shape index (κ3) is 2.60. The number of fused-ring (bicyclic) bond motifs is 1. The van der Waals surface area contributed by atoms with Crippen LogP contribution in [0.4, 0.5) is 0 Å². The second kappa shape index (κ2) is 5.11. The number of hydrogen-bond donors (Lipinski definition) is 3. The fourth-order valence-electron chi connectivity index (χ4n) is 1.31. The smallest absolute Gasteiger partial charge is 0.166 e. The summed E-state index contributed by atoms with van der Waals surface area (Å²) < 4.78 is 0. The molecule has 0 aliphatic heterocycles. The molecule has 16 heavy (non-hydrogen) atoms. The molecule has 1 aromatic heterocycles. The molecule has 0 radical (unpaired) electrons. The molecular weight excluding hydrogens is 224 g/mol. The average molecular weight is 236 g/mol. The van der Waals surface area contributed by atoms with E-state index >= 15 is 0 Å². The number of hydrogen-bond acceptors (Lipinski definition) is 5. The number of aromatic nitrogens is 2. The summed E-state index contributed by atoms with van der Waals surface area (Å²) in [5.74, 6) is 5.47. The Hall–Kier alpha value is -1.37. The summed E-state index contributed by atoms with van der Waals surface area (Å²) in [6.45, 7) is 0.188. The van der Waals surface area contributed by atoms with Gasteiger partial charge in [-0.2, -0.15) is 0 Å². The molecule has 0 saturated carbocycles. The molecule has 0 fully saturated rings. The summed E-state index contributed by atoms with van der Waals surface area (Å²) in [5.41, 5.74) is 4.23. The number of para-hydroxylation sites is 2. The van der Waals surface area contributed by atoms with E-state index in [0.717, 1.165) is 16.2 Å². The minimum absolute atomic E-state index is 0.0490. The van der Waals surface area contributed by atoms with Crippen LogP contribution in [-0.2, 0) is 4.79 Å². The summed E-state index contributed by atoms with van der Waals surface area (Å²) in [6.07, 6.45) is 0. The van der Waals surface area contributed by atoms with E-state index in [9.17, 15) is 4.79 Å². The molecule has 0 aliphatic carbocycles. The first-order valence-electron chi connectivity index (χ1n) is 4.82. The zero-order valence-corrected chi connectivity index (χ0v) is 9.38. The van der Waals surface area contributed by atoms with Gasteiger partial charge >= 0.3 is 0 Å². The van der Waals surface area contributed by atoms with E-state index in [0.29, 0.717) is 5.75 Å². The normalized spacial score (nSPS) is 10.8. The highest BCUT2D eigenvalue weighted by atomic mass is 32.2. The molecule has 0 aliphatic rings. The fraction of sp³-hybridized carbons (Fsp3) is 0.200. The van der Waals surface area contributed by atoms with E-state index in [-0.39, 0.29) is 12.3 Å². The maximum Gasteiger partial charge on any atom is 0.166 e. The summed E-state index contributed by atoms with van der Waals surface area (Å²) in [6, 6.07) is 7.76. The Morgan fingerprint density at radius 3 is 3.06 bits per heavy atom. The van der Waals surface area contributed by atoms with Crippen molar-refractivity contribution < 1.29 is 4.79 Å². The number of ketones is 1. The van der Waals surface area contributed by atoms with E-state index < -0.39 is 0 Å². The number of Topliss-reactive ketones (excluding diaryl/α,β-unsaturated/α-hetero) is 1. The molecule has 0 unspecified atom stereocenters. The van der Waals surface area contributed by atoms with Crippen LogP contribution in [0.3, 0.4) is 0 Å². The van der Waals surface area contributed by atoms with Crippen molar-refractivity contribution in [2.24, 2.45) is 5.84 Å². The molecule has 1 aromatic carbocycles. The summed E-state index contributed by atoms with van der Waals surface area (Å²) in [5, 5.41) is 0.756. The van der Waals surface area contributed by atoms with Gasteiger partial charge in [0.05, 0.1) is 23.3 Å². The quantitative estimate of drug-likeness (QED) is 0.404. The number of imidazole rings is 1.